The molecule has 0 radical (unpaired) electrons. The van der Waals surface area contributed by atoms with Crippen LogP contribution in [0.25, 0.3) is 0 Å². The fourth-order valence-corrected chi connectivity index (χ4v) is 1.57. The summed E-state index contributed by atoms with van der Waals surface area (Å²) in [6.45, 7) is 0.663. The molecule has 0 atom stereocenters. The Kier molecular flexibility index (Phi) is 3.86. The Morgan fingerprint density at radius 1 is 1.11 bits per heavy atom. The van der Waals surface area contributed by atoms with Crippen LogP contribution in [0, 0.1) is 0 Å². The maximum absolute atomic E-state index is 10.8. The van der Waals surface area contributed by atoms with Crippen LogP contribution in [0.15, 0.2) is 43.0 Å². The van der Waals surface area contributed by atoms with Gasteiger partial charge >= 0.3 is 0 Å². The quantitative estimate of drug-likeness (QED) is 0.823. The molecule has 1 aromatic heterocycles. The molecule has 92 valence electrons. The minimum absolute atomic E-state index is 0.271. The van der Waals surface area contributed by atoms with Crippen LogP contribution >= 0.6 is 0 Å². The molecular formula is C13H14N4O. The smallest absolute Gasteiger partial charge is 0.221 e. The fraction of sp³-hybridized carbons (Fsp3) is 0.154. The number of carbonyl (C=O) groups is 1. The second-order valence-corrected chi connectivity index (χ2v) is 3.94. The van der Waals surface area contributed by atoms with Gasteiger partial charge < -0.3 is 11.1 Å². The van der Waals surface area contributed by atoms with Crippen LogP contribution in [0.2, 0.25) is 0 Å². The summed E-state index contributed by atoms with van der Waals surface area (Å²) in [6, 6.07) is 7.60. The third-order valence-electron chi connectivity index (χ3n) is 2.44. The number of rotatable bonds is 5. The second kappa shape index (κ2) is 5.77. The minimum Gasteiger partial charge on any atom is -0.381 e. The van der Waals surface area contributed by atoms with Gasteiger partial charge in [-0.1, -0.05) is 12.1 Å². The van der Waals surface area contributed by atoms with Crippen molar-refractivity contribution in [2.45, 2.75) is 13.0 Å². The van der Waals surface area contributed by atoms with Crippen molar-refractivity contribution in [1.29, 1.82) is 0 Å². The van der Waals surface area contributed by atoms with Gasteiger partial charge in [-0.15, -0.1) is 0 Å². The number of aromatic nitrogens is 2. The third-order valence-corrected chi connectivity index (χ3v) is 2.44. The van der Waals surface area contributed by atoms with Crippen molar-refractivity contribution < 1.29 is 4.79 Å². The average molecular weight is 242 g/mol. The Morgan fingerprint density at radius 2 is 1.78 bits per heavy atom. The lowest BCUT2D eigenvalue weighted by Crippen LogP contribution is -2.13. The zero-order valence-electron chi connectivity index (χ0n) is 9.84. The molecule has 5 nitrogen and oxygen atoms in total. The molecule has 18 heavy (non-hydrogen) atoms. The van der Waals surface area contributed by atoms with E-state index in [1.54, 1.807) is 12.4 Å². The van der Waals surface area contributed by atoms with Crippen LogP contribution in [0.5, 0.6) is 0 Å². The average Bonchev–Trinajstić information content (AvgIpc) is 2.38. The Labute approximate surface area is 105 Å². The lowest BCUT2D eigenvalue weighted by atomic mass is 10.1. The largest absolute Gasteiger partial charge is 0.381 e. The number of hydrogen-bond acceptors (Lipinski definition) is 4. The number of nitrogens with zero attached hydrogens (tertiary/aromatic N) is 2. The summed E-state index contributed by atoms with van der Waals surface area (Å²) in [4.78, 5) is 18.6. The number of anilines is 1. The third kappa shape index (κ3) is 3.55. The summed E-state index contributed by atoms with van der Waals surface area (Å²) >= 11 is 0. The van der Waals surface area contributed by atoms with Crippen molar-refractivity contribution in [3.05, 3.63) is 54.1 Å². The summed E-state index contributed by atoms with van der Waals surface area (Å²) in [6.07, 6.45) is 5.30. The van der Waals surface area contributed by atoms with Gasteiger partial charge in [0.25, 0.3) is 0 Å². The van der Waals surface area contributed by atoms with Crippen molar-refractivity contribution in [3.8, 4) is 0 Å². The lowest BCUT2D eigenvalue weighted by Gasteiger charge is -2.06. The fourth-order valence-electron chi connectivity index (χ4n) is 1.57. The zero-order valence-corrected chi connectivity index (χ0v) is 9.84. The predicted molar refractivity (Wildman–Crippen MR) is 68.7 cm³/mol. The van der Waals surface area contributed by atoms with Crippen LogP contribution in [-0.4, -0.2) is 15.9 Å². The molecule has 0 saturated carbocycles. The van der Waals surface area contributed by atoms with Gasteiger partial charge in [0.05, 0.1) is 6.42 Å². The molecule has 0 unspecified atom stereocenters. The van der Waals surface area contributed by atoms with Gasteiger partial charge in [0.2, 0.25) is 5.91 Å². The molecule has 5 heteroatoms. The van der Waals surface area contributed by atoms with E-state index in [1.165, 1.54) is 6.33 Å². The van der Waals surface area contributed by atoms with Gasteiger partial charge in [0.15, 0.2) is 0 Å². The molecule has 0 aliphatic rings. The van der Waals surface area contributed by atoms with Gasteiger partial charge in [0, 0.05) is 30.2 Å². The Morgan fingerprint density at radius 3 is 2.39 bits per heavy atom. The van der Waals surface area contributed by atoms with Gasteiger partial charge in [-0.2, -0.15) is 0 Å². The number of benzene rings is 1. The lowest BCUT2D eigenvalue weighted by molar-refractivity contribution is -0.117. The number of nitrogens with two attached hydrogens (primary N) is 1. The van der Waals surface area contributed by atoms with Crippen molar-refractivity contribution in [2.75, 3.05) is 5.32 Å². The maximum atomic E-state index is 10.8. The van der Waals surface area contributed by atoms with Gasteiger partial charge in [-0.05, 0) is 17.7 Å². The molecule has 2 aromatic rings. The van der Waals surface area contributed by atoms with Crippen molar-refractivity contribution in [3.63, 3.8) is 0 Å². The van der Waals surface area contributed by atoms with Crippen LogP contribution in [-0.2, 0) is 17.8 Å². The Hall–Kier alpha value is -2.43. The molecular weight excluding hydrogens is 228 g/mol. The SMILES string of the molecule is NC(=O)Cc1ccc(NCc2cncnc2)cc1. The summed E-state index contributed by atoms with van der Waals surface area (Å²) in [5.41, 5.74) is 8.03. The highest BCUT2D eigenvalue weighted by Gasteiger charge is 1.99. The van der Waals surface area contributed by atoms with Crippen LogP contribution in [0.1, 0.15) is 11.1 Å². The highest BCUT2D eigenvalue weighted by Crippen LogP contribution is 2.11. The Bertz CT molecular complexity index is 510. The molecule has 1 amide bonds. The van der Waals surface area contributed by atoms with Crippen LogP contribution < -0.4 is 11.1 Å². The van der Waals surface area contributed by atoms with E-state index in [9.17, 15) is 4.79 Å². The van der Waals surface area contributed by atoms with E-state index < -0.39 is 0 Å². The highest BCUT2D eigenvalue weighted by atomic mass is 16.1. The van der Waals surface area contributed by atoms with Crippen LogP contribution in [0.4, 0.5) is 5.69 Å². The standard InChI is InChI=1S/C13H14N4O/c14-13(18)5-10-1-3-12(4-2-10)17-8-11-6-15-9-16-7-11/h1-4,6-7,9,17H,5,8H2,(H2,14,18). The number of carbonyl (C=O) groups excluding carboxylic acids is 1. The van der Waals surface area contributed by atoms with E-state index >= 15 is 0 Å². The number of nitrogens with one attached hydrogen (secondary N) is 1. The first-order valence-electron chi connectivity index (χ1n) is 5.59. The van der Waals surface area contributed by atoms with Gasteiger partial charge in [-0.25, -0.2) is 9.97 Å². The van der Waals surface area contributed by atoms with E-state index in [2.05, 4.69) is 15.3 Å². The first kappa shape index (κ1) is 12.0. The normalized spacial score (nSPS) is 10.0. The molecule has 0 bridgehead atoms. The summed E-state index contributed by atoms with van der Waals surface area (Å²) < 4.78 is 0. The van der Waals surface area contributed by atoms with E-state index in [0.717, 1.165) is 16.8 Å². The zero-order chi connectivity index (χ0) is 12.8. The molecule has 2 rings (SSSR count). The van der Waals surface area contributed by atoms with Gasteiger partial charge in [0.1, 0.15) is 6.33 Å². The van der Waals surface area contributed by atoms with Crippen molar-refractivity contribution >= 4 is 11.6 Å². The monoisotopic (exact) mass is 242 g/mol. The first-order valence-corrected chi connectivity index (χ1v) is 5.59. The number of amides is 1. The van der Waals surface area contributed by atoms with E-state index in [0.29, 0.717) is 6.54 Å². The first-order chi connectivity index (χ1) is 8.74. The predicted octanol–water partition coefficient (Wildman–Crippen LogP) is 1.12. The molecule has 1 aromatic carbocycles. The highest BCUT2D eigenvalue weighted by molar-refractivity contribution is 5.76. The molecule has 0 saturated heterocycles. The number of primary amides is 1. The van der Waals surface area contributed by atoms with Crippen molar-refractivity contribution in [2.24, 2.45) is 5.73 Å². The van der Waals surface area contributed by atoms with E-state index in [4.69, 9.17) is 5.73 Å². The molecule has 3 N–H and O–H groups in total. The summed E-state index contributed by atoms with van der Waals surface area (Å²) in [5.74, 6) is -0.322. The Balaban J connectivity index is 1.92. The van der Waals surface area contributed by atoms with Crippen LogP contribution in [0.3, 0.4) is 0 Å². The molecule has 0 aliphatic heterocycles. The van der Waals surface area contributed by atoms with E-state index in [-0.39, 0.29) is 12.3 Å². The topological polar surface area (TPSA) is 80.9 Å². The molecule has 0 spiro atoms. The second-order valence-electron chi connectivity index (χ2n) is 3.94. The van der Waals surface area contributed by atoms with Gasteiger partial charge in [-0.3, -0.25) is 4.79 Å². The number of hydrogen-bond donors (Lipinski definition) is 2. The molecule has 0 aliphatic carbocycles. The summed E-state index contributed by atoms with van der Waals surface area (Å²) in [5, 5.41) is 3.25. The molecule has 0 fully saturated rings. The van der Waals surface area contributed by atoms with Crippen molar-refractivity contribution in [1.82, 2.24) is 9.97 Å². The van der Waals surface area contributed by atoms with E-state index in [1.807, 2.05) is 24.3 Å². The minimum atomic E-state index is -0.322. The molecule has 1 heterocycles. The summed E-state index contributed by atoms with van der Waals surface area (Å²) in [7, 11) is 0. The maximum Gasteiger partial charge on any atom is 0.221 e.